The monoisotopic (exact) mass is 347 g/mol. The van der Waals surface area contributed by atoms with Gasteiger partial charge in [0.2, 0.25) is 5.91 Å². The normalized spacial score (nSPS) is 24.0. The average molecular weight is 347 g/mol. The van der Waals surface area contributed by atoms with Crippen LogP contribution in [-0.4, -0.2) is 46.9 Å². The lowest BCUT2D eigenvalue weighted by Gasteiger charge is -2.41. The summed E-state index contributed by atoms with van der Waals surface area (Å²) in [5.74, 6) is 0.363. The highest BCUT2D eigenvalue weighted by Crippen LogP contribution is 2.32. The quantitative estimate of drug-likeness (QED) is 0.911. The molecule has 1 aliphatic carbocycles. The molecule has 2 aliphatic rings. The summed E-state index contributed by atoms with van der Waals surface area (Å²) in [6.07, 6.45) is 3.63. The van der Waals surface area contributed by atoms with Crippen LogP contribution in [0.25, 0.3) is 0 Å². The molecule has 3 rings (SSSR count). The average Bonchev–Trinajstić information content (AvgIpc) is 2.77. The Bertz CT molecular complexity index is 597. The number of carbonyl (C=O) groups excluding carboxylic acids is 1. The molecule has 1 saturated carbocycles. The third-order valence-electron chi connectivity index (χ3n) is 5.78. The number of rotatable bonds is 4. The van der Waals surface area contributed by atoms with Crippen molar-refractivity contribution in [1.82, 2.24) is 9.80 Å². The largest absolute Gasteiger partial charge is 0.339 e. The van der Waals surface area contributed by atoms with Crippen LogP contribution in [0.15, 0.2) is 24.3 Å². The Morgan fingerprint density at radius 1 is 1.24 bits per heavy atom. The van der Waals surface area contributed by atoms with Gasteiger partial charge in [0.15, 0.2) is 0 Å². The lowest BCUT2D eigenvalue weighted by atomic mass is 9.76. The molecule has 1 unspecified atom stereocenters. The maximum atomic E-state index is 13.2. The zero-order chi connectivity index (χ0) is 18.0. The smallest absolute Gasteiger partial charge is 0.242 e. The predicted octanol–water partition coefficient (Wildman–Crippen LogP) is 2.77. The molecule has 2 fully saturated rings. The molecule has 1 heterocycles. The Morgan fingerprint density at radius 2 is 1.92 bits per heavy atom. The van der Waals surface area contributed by atoms with Gasteiger partial charge in [0.05, 0.1) is 5.54 Å². The first-order valence-electron chi connectivity index (χ1n) is 9.46. The van der Waals surface area contributed by atoms with Crippen molar-refractivity contribution in [2.24, 2.45) is 11.7 Å². The van der Waals surface area contributed by atoms with Crippen molar-refractivity contribution >= 4 is 5.91 Å². The van der Waals surface area contributed by atoms with E-state index in [4.69, 9.17) is 5.73 Å². The Labute approximate surface area is 150 Å². The number of halogens is 1. The van der Waals surface area contributed by atoms with Crippen molar-refractivity contribution < 1.29 is 9.18 Å². The summed E-state index contributed by atoms with van der Waals surface area (Å²) in [4.78, 5) is 17.3. The second kappa shape index (κ2) is 7.42. The number of benzene rings is 1. The van der Waals surface area contributed by atoms with Crippen LogP contribution in [0.3, 0.4) is 0 Å². The molecule has 2 N–H and O–H groups in total. The van der Waals surface area contributed by atoms with Gasteiger partial charge < -0.3 is 10.6 Å². The second-order valence-corrected chi connectivity index (χ2v) is 8.02. The fourth-order valence-electron chi connectivity index (χ4n) is 3.99. The van der Waals surface area contributed by atoms with Gasteiger partial charge in [-0.1, -0.05) is 26.0 Å². The number of carbonyl (C=O) groups is 1. The van der Waals surface area contributed by atoms with Crippen molar-refractivity contribution in [1.29, 1.82) is 0 Å². The Balaban J connectivity index is 1.72. The molecule has 5 heteroatoms. The van der Waals surface area contributed by atoms with Gasteiger partial charge >= 0.3 is 0 Å². The minimum atomic E-state index is -0.617. The molecule has 1 aromatic rings. The van der Waals surface area contributed by atoms with Gasteiger partial charge in [0, 0.05) is 32.2 Å². The fraction of sp³-hybridized carbons (Fsp3) is 0.650. The molecule has 0 spiro atoms. The van der Waals surface area contributed by atoms with E-state index in [-0.39, 0.29) is 11.7 Å². The van der Waals surface area contributed by atoms with E-state index in [1.54, 1.807) is 0 Å². The molecular formula is C20H30FN3O. The molecular weight excluding hydrogens is 317 g/mol. The molecule has 138 valence electrons. The van der Waals surface area contributed by atoms with Crippen LogP contribution in [0.4, 0.5) is 4.39 Å². The molecule has 1 saturated heterocycles. The van der Waals surface area contributed by atoms with Crippen molar-refractivity contribution in [3.05, 3.63) is 35.6 Å². The summed E-state index contributed by atoms with van der Waals surface area (Å²) in [6.45, 7) is 7.66. The van der Waals surface area contributed by atoms with E-state index >= 15 is 0 Å². The third kappa shape index (κ3) is 4.04. The Hall–Kier alpha value is -1.46. The molecule has 0 radical (unpaired) electrons. The Morgan fingerprint density at radius 3 is 2.48 bits per heavy atom. The minimum absolute atomic E-state index is 0.132. The summed E-state index contributed by atoms with van der Waals surface area (Å²) in [6, 6.07) is 7.03. The highest BCUT2D eigenvalue weighted by Gasteiger charge is 2.44. The van der Waals surface area contributed by atoms with Crippen LogP contribution < -0.4 is 5.73 Å². The van der Waals surface area contributed by atoms with Crippen molar-refractivity contribution in [3.8, 4) is 0 Å². The molecule has 1 aromatic carbocycles. The number of hydrogen-bond acceptors (Lipinski definition) is 3. The molecule has 0 bridgehead atoms. The SMILES string of the molecule is CC(C)C1CN(C(=O)C2(N)CCC2)CCCN1Cc1ccc(F)cc1. The lowest BCUT2D eigenvalue weighted by Crippen LogP contribution is -2.60. The van der Waals surface area contributed by atoms with Gasteiger partial charge in [0.1, 0.15) is 5.82 Å². The summed E-state index contributed by atoms with van der Waals surface area (Å²) >= 11 is 0. The van der Waals surface area contributed by atoms with Crippen LogP contribution in [0.5, 0.6) is 0 Å². The van der Waals surface area contributed by atoms with Gasteiger partial charge in [-0.05, 0) is 49.3 Å². The van der Waals surface area contributed by atoms with E-state index in [0.29, 0.717) is 12.0 Å². The predicted molar refractivity (Wildman–Crippen MR) is 97.4 cm³/mol. The zero-order valence-corrected chi connectivity index (χ0v) is 15.4. The molecule has 1 amide bonds. The van der Waals surface area contributed by atoms with Gasteiger partial charge in [-0.2, -0.15) is 0 Å². The van der Waals surface area contributed by atoms with E-state index in [0.717, 1.165) is 57.4 Å². The highest BCUT2D eigenvalue weighted by atomic mass is 19.1. The topological polar surface area (TPSA) is 49.6 Å². The van der Waals surface area contributed by atoms with E-state index in [1.807, 2.05) is 17.0 Å². The summed E-state index contributed by atoms with van der Waals surface area (Å²) < 4.78 is 13.2. The standard InChI is InChI=1S/C20H30FN3O/c1-15(2)18-14-24(19(25)20(22)9-3-10-20)12-4-11-23(18)13-16-5-7-17(21)8-6-16/h5-8,15,18H,3-4,9-14,22H2,1-2H3. The van der Waals surface area contributed by atoms with Crippen molar-refractivity contribution in [2.75, 3.05) is 19.6 Å². The van der Waals surface area contributed by atoms with E-state index in [2.05, 4.69) is 18.7 Å². The minimum Gasteiger partial charge on any atom is -0.339 e. The molecule has 1 atom stereocenters. The number of nitrogens with zero attached hydrogens (tertiary/aromatic N) is 2. The van der Waals surface area contributed by atoms with Gasteiger partial charge in [-0.15, -0.1) is 0 Å². The third-order valence-corrected chi connectivity index (χ3v) is 5.78. The zero-order valence-electron chi connectivity index (χ0n) is 15.4. The highest BCUT2D eigenvalue weighted by molar-refractivity contribution is 5.87. The molecule has 4 nitrogen and oxygen atoms in total. The molecule has 1 aliphatic heterocycles. The van der Waals surface area contributed by atoms with E-state index < -0.39 is 5.54 Å². The van der Waals surface area contributed by atoms with Gasteiger partial charge in [-0.3, -0.25) is 9.69 Å². The maximum Gasteiger partial charge on any atom is 0.242 e. The molecule has 25 heavy (non-hydrogen) atoms. The number of nitrogens with two attached hydrogens (primary N) is 1. The fourth-order valence-corrected chi connectivity index (χ4v) is 3.99. The van der Waals surface area contributed by atoms with Crippen LogP contribution >= 0.6 is 0 Å². The second-order valence-electron chi connectivity index (χ2n) is 8.02. The van der Waals surface area contributed by atoms with Gasteiger partial charge in [0.25, 0.3) is 0 Å². The van der Waals surface area contributed by atoms with Crippen LogP contribution in [-0.2, 0) is 11.3 Å². The number of hydrogen-bond donors (Lipinski definition) is 1. The maximum absolute atomic E-state index is 13.2. The van der Waals surface area contributed by atoms with Crippen molar-refractivity contribution in [2.45, 2.75) is 57.7 Å². The Kier molecular flexibility index (Phi) is 5.44. The first kappa shape index (κ1) is 18.3. The summed E-state index contributed by atoms with van der Waals surface area (Å²) in [7, 11) is 0. The van der Waals surface area contributed by atoms with Crippen LogP contribution in [0, 0.1) is 11.7 Å². The van der Waals surface area contributed by atoms with Gasteiger partial charge in [-0.25, -0.2) is 4.39 Å². The first-order chi connectivity index (χ1) is 11.9. The van der Waals surface area contributed by atoms with E-state index in [1.165, 1.54) is 12.1 Å². The molecule has 0 aromatic heterocycles. The number of amides is 1. The van der Waals surface area contributed by atoms with Crippen molar-refractivity contribution in [3.63, 3.8) is 0 Å². The van der Waals surface area contributed by atoms with Crippen LogP contribution in [0.1, 0.15) is 45.1 Å². The first-order valence-corrected chi connectivity index (χ1v) is 9.46. The summed E-state index contributed by atoms with van der Waals surface area (Å²) in [5.41, 5.74) is 6.78. The summed E-state index contributed by atoms with van der Waals surface area (Å²) in [5, 5.41) is 0. The van der Waals surface area contributed by atoms with E-state index in [9.17, 15) is 9.18 Å². The van der Waals surface area contributed by atoms with Crippen LogP contribution in [0.2, 0.25) is 0 Å². The lowest BCUT2D eigenvalue weighted by molar-refractivity contribution is -0.140.